The van der Waals surface area contributed by atoms with Crippen LogP contribution in [0.4, 0.5) is 11.4 Å². The average molecular weight is 523 g/mol. The largest absolute Gasteiger partial charge is 0.449 e. The van der Waals surface area contributed by atoms with Gasteiger partial charge in [0.15, 0.2) is 0 Å². The molecule has 4 aromatic rings. The number of aliphatic imine (C=N–C) groups is 2. The lowest BCUT2D eigenvalue weighted by atomic mass is 10.0. The van der Waals surface area contributed by atoms with Crippen molar-refractivity contribution in [2.45, 2.75) is 6.17 Å². The van der Waals surface area contributed by atoms with Crippen LogP contribution >= 0.6 is 0 Å². The fourth-order valence-corrected chi connectivity index (χ4v) is 4.74. The van der Waals surface area contributed by atoms with Gasteiger partial charge in [0.05, 0.1) is 30.3 Å². The second kappa shape index (κ2) is 10.4. The van der Waals surface area contributed by atoms with Crippen LogP contribution in [0, 0.1) is 5.41 Å². The Bertz CT molecular complexity index is 1600. The summed E-state index contributed by atoms with van der Waals surface area (Å²) in [4.78, 5) is 24.1. The number of para-hydroxylation sites is 2. The highest BCUT2D eigenvalue weighted by molar-refractivity contribution is 6.19. The number of benzene rings is 3. The molecule has 3 aromatic carbocycles. The standard InChI is InChI=1S/C29H26N6O4/c30-26(25-24(35-14-16-37-17-15-35)20-11-5-7-13-22(20)38-25)39-29(31)34-27-28(36)32-21-12-6-4-10-19(21)23(33-27)18-8-2-1-3-9-18/h1-13,27,30H,14-17H2,(H2,31,34)(H,32,36)/t27-/m1/s1. The second-order valence-corrected chi connectivity index (χ2v) is 9.03. The van der Waals surface area contributed by atoms with Crippen LogP contribution in [-0.4, -0.2) is 56.0 Å². The maximum Gasteiger partial charge on any atom is 0.291 e. The molecule has 6 rings (SSSR count). The van der Waals surface area contributed by atoms with Gasteiger partial charge < -0.3 is 29.8 Å². The average Bonchev–Trinajstić information content (AvgIpc) is 3.30. The lowest BCUT2D eigenvalue weighted by Gasteiger charge is -2.28. The van der Waals surface area contributed by atoms with Gasteiger partial charge in [-0.1, -0.05) is 60.7 Å². The highest BCUT2D eigenvalue weighted by Gasteiger charge is 2.28. The van der Waals surface area contributed by atoms with Crippen LogP contribution in [0.25, 0.3) is 11.0 Å². The summed E-state index contributed by atoms with van der Waals surface area (Å²) in [5.74, 6) is -0.565. The van der Waals surface area contributed by atoms with Gasteiger partial charge in [0.1, 0.15) is 5.58 Å². The van der Waals surface area contributed by atoms with E-state index in [0.717, 1.165) is 22.2 Å². The normalized spacial score (nSPS) is 17.7. The number of hydrogen-bond acceptors (Lipinski definition) is 8. The number of carbonyl (C=O) groups is 1. The van der Waals surface area contributed by atoms with Gasteiger partial charge in [-0.15, -0.1) is 0 Å². The predicted molar refractivity (Wildman–Crippen MR) is 150 cm³/mol. The number of nitrogens with one attached hydrogen (secondary N) is 2. The summed E-state index contributed by atoms with van der Waals surface area (Å²) >= 11 is 0. The predicted octanol–water partition coefficient (Wildman–Crippen LogP) is 3.74. The summed E-state index contributed by atoms with van der Waals surface area (Å²) in [6, 6.07) is 24.1. The molecule has 196 valence electrons. The smallest absolute Gasteiger partial charge is 0.291 e. The first-order valence-electron chi connectivity index (χ1n) is 12.6. The molecule has 0 saturated carbocycles. The van der Waals surface area contributed by atoms with Crippen LogP contribution in [-0.2, 0) is 14.3 Å². The second-order valence-electron chi connectivity index (χ2n) is 9.03. The van der Waals surface area contributed by atoms with E-state index in [1.807, 2.05) is 78.9 Å². The summed E-state index contributed by atoms with van der Waals surface area (Å²) in [5.41, 5.74) is 10.3. The summed E-state index contributed by atoms with van der Waals surface area (Å²) < 4.78 is 17.1. The summed E-state index contributed by atoms with van der Waals surface area (Å²) in [5, 5.41) is 12.4. The molecular formula is C29H26N6O4. The number of carbonyl (C=O) groups excluding carboxylic acids is 1. The van der Waals surface area contributed by atoms with Gasteiger partial charge in [-0.3, -0.25) is 10.2 Å². The van der Waals surface area contributed by atoms with E-state index in [2.05, 4.69) is 20.2 Å². The third-order valence-electron chi connectivity index (χ3n) is 6.53. The zero-order valence-corrected chi connectivity index (χ0v) is 21.0. The molecule has 10 heteroatoms. The van der Waals surface area contributed by atoms with Crippen LogP contribution in [0.3, 0.4) is 0 Å². The lowest BCUT2D eigenvalue weighted by molar-refractivity contribution is -0.117. The number of amidine groups is 1. The number of fused-ring (bicyclic) bond motifs is 2. The zero-order chi connectivity index (χ0) is 26.8. The van der Waals surface area contributed by atoms with E-state index in [-0.39, 0.29) is 17.7 Å². The van der Waals surface area contributed by atoms with Gasteiger partial charge in [-0.2, -0.15) is 4.99 Å². The van der Waals surface area contributed by atoms with Crippen LogP contribution in [0.5, 0.6) is 0 Å². The molecule has 1 aromatic heterocycles. The SMILES string of the molecule is N=C(O/C(N)=N/[C@H]1N=C(c2ccccc2)c2ccccc2NC1=O)c1oc2ccccc2c1N1CCOCC1. The van der Waals surface area contributed by atoms with Crippen LogP contribution in [0.2, 0.25) is 0 Å². The van der Waals surface area contributed by atoms with Gasteiger partial charge >= 0.3 is 0 Å². The molecular weight excluding hydrogens is 496 g/mol. The van der Waals surface area contributed by atoms with Gasteiger partial charge in [-0.25, -0.2) is 4.99 Å². The first kappa shape index (κ1) is 24.4. The van der Waals surface area contributed by atoms with E-state index in [1.165, 1.54) is 0 Å². The number of ether oxygens (including phenoxy) is 2. The van der Waals surface area contributed by atoms with Crippen molar-refractivity contribution in [1.82, 2.24) is 0 Å². The van der Waals surface area contributed by atoms with Crippen molar-refractivity contribution < 1.29 is 18.7 Å². The Kier molecular flexibility index (Phi) is 6.52. The van der Waals surface area contributed by atoms with Crippen molar-refractivity contribution in [3.63, 3.8) is 0 Å². The summed E-state index contributed by atoms with van der Waals surface area (Å²) in [6.45, 7) is 2.43. The topological polar surface area (TPSA) is 139 Å². The maximum atomic E-state index is 13.1. The van der Waals surface area contributed by atoms with Crippen molar-refractivity contribution in [2.75, 3.05) is 36.5 Å². The molecule has 4 N–H and O–H groups in total. The van der Waals surface area contributed by atoms with E-state index in [1.54, 1.807) is 0 Å². The van der Waals surface area contributed by atoms with Gasteiger partial charge in [0.2, 0.25) is 11.9 Å². The van der Waals surface area contributed by atoms with E-state index in [4.69, 9.17) is 25.0 Å². The minimum atomic E-state index is -1.23. The molecule has 3 heterocycles. The van der Waals surface area contributed by atoms with E-state index < -0.39 is 12.1 Å². The highest BCUT2D eigenvalue weighted by atomic mass is 16.5. The third kappa shape index (κ3) is 4.85. The number of anilines is 2. The molecule has 1 atom stereocenters. The van der Waals surface area contributed by atoms with Gasteiger partial charge in [0, 0.05) is 29.6 Å². The van der Waals surface area contributed by atoms with E-state index in [9.17, 15) is 4.79 Å². The third-order valence-corrected chi connectivity index (χ3v) is 6.53. The minimum absolute atomic E-state index is 0.224. The number of benzodiazepines with no additional fused rings is 1. The lowest BCUT2D eigenvalue weighted by Crippen LogP contribution is -2.37. The zero-order valence-electron chi connectivity index (χ0n) is 21.0. The number of morpholine rings is 1. The molecule has 1 amide bonds. The first-order chi connectivity index (χ1) is 19.1. The fraction of sp³-hybridized carbons (Fsp3) is 0.172. The van der Waals surface area contributed by atoms with Crippen molar-refractivity contribution in [3.8, 4) is 0 Å². The van der Waals surface area contributed by atoms with Crippen LogP contribution in [0.15, 0.2) is 93.3 Å². The quantitative estimate of drug-likeness (QED) is 0.276. The molecule has 0 radical (unpaired) electrons. The molecule has 0 aliphatic carbocycles. The molecule has 2 aliphatic heterocycles. The fourth-order valence-electron chi connectivity index (χ4n) is 4.74. The monoisotopic (exact) mass is 522 g/mol. The maximum absolute atomic E-state index is 13.1. The Morgan fingerprint density at radius 3 is 2.56 bits per heavy atom. The Morgan fingerprint density at radius 2 is 1.74 bits per heavy atom. The van der Waals surface area contributed by atoms with Gasteiger partial charge in [-0.05, 0) is 18.2 Å². The van der Waals surface area contributed by atoms with Crippen LogP contribution < -0.4 is 16.0 Å². The molecule has 10 nitrogen and oxygen atoms in total. The van der Waals surface area contributed by atoms with E-state index in [0.29, 0.717) is 43.3 Å². The number of amides is 1. The van der Waals surface area contributed by atoms with E-state index >= 15 is 0 Å². The van der Waals surface area contributed by atoms with Gasteiger partial charge in [0.25, 0.3) is 17.8 Å². The first-order valence-corrected chi connectivity index (χ1v) is 12.6. The Morgan fingerprint density at radius 1 is 1.03 bits per heavy atom. The molecule has 39 heavy (non-hydrogen) atoms. The molecule has 1 fully saturated rings. The Hall–Kier alpha value is -4.96. The molecule has 1 saturated heterocycles. The number of furan rings is 1. The molecule has 0 unspecified atom stereocenters. The Balaban J connectivity index is 1.32. The van der Waals surface area contributed by atoms with Crippen molar-refractivity contribution in [3.05, 3.63) is 95.7 Å². The molecule has 0 spiro atoms. The molecule has 0 bridgehead atoms. The summed E-state index contributed by atoms with van der Waals surface area (Å²) in [6.07, 6.45) is -1.23. The van der Waals surface area contributed by atoms with Crippen molar-refractivity contribution in [2.24, 2.45) is 15.7 Å². The Labute approximate surface area is 224 Å². The number of nitrogens with zero attached hydrogens (tertiary/aromatic N) is 3. The highest BCUT2D eigenvalue weighted by Crippen LogP contribution is 2.35. The number of nitrogens with two attached hydrogens (primary N) is 1. The van der Waals surface area contributed by atoms with Crippen molar-refractivity contribution >= 4 is 45.9 Å². The minimum Gasteiger partial charge on any atom is -0.449 e. The number of rotatable bonds is 4. The van der Waals surface area contributed by atoms with Crippen LogP contribution in [0.1, 0.15) is 16.9 Å². The van der Waals surface area contributed by atoms with Crippen molar-refractivity contribution in [1.29, 1.82) is 5.41 Å². The summed E-state index contributed by atoms with van der Waals surface area (Å²) in [7, 11) is 0. The number of hydrogen-bond donors (Lipinski definition) is 3. The molecule has 2 aliphatic rings.